The minimum atomic E-state index is 0.298. The molecule has 0 spiro atoms. The highest BCUT2D eigenvalue weighted by atomic mass is 32.2. The van der Waals surface area contributed by atoms with Crippen LogP contribution in [-0.4, -0.2) is 38.8 Å². The first kappa shape index (κ1) is 13.4. The molecule has 4 nitrogen and oxygen atoms in total. The van der Waals surface area contributed by atoms with Gasteiger partial charge in [-0.3, -0.25) is 4.79 Å². The van der Waals surface area contributed by atoms with Gasteiger partial charge in [0.1, 0.15) is 5.01 Å². The fraction of sp³-hybridized carbons (Fsp3) is 0.769. The summed E-state index contributed by atoms with van der Waals surface area (Å²) in [4.78, 5) is 14.6. The molecule has 0 radical (unpaired) electrons. The Bertz CT molecular complexity index is 452. The number of carbonyl (C=O) groups is 1. The smallest absolute Gasteiger partial charge is 0.233 e. The summed E-state index contributed by atoms with van der Waals surface area (Å²) in [5.41, 5.74) is 0. The molecule has 104 valence electrons. The second-order valence-corrected chi connectivity index (χ2v) is 7.75. The Hall–Kier alpha value is -0.620. The van der Waals surface area contributed by atoms with Crippen LogP contribution in [0.3, 0.4) is 0 Å². The van der Waals surface area contributed by atoms with E-state index in [-0.39, 0.29) is 0 Å². The number of amides is 1. The van der Waals surface area contributed by atoms with Gasteiger partial charge in [0, 0.05) is 12.1 Å². The minimum Gasteiger partial charge on any atom is -0.336 e. The fourth-order valence-electron chi connectivity index (χ4n) is 2.78. The summed E-state index contributed by atoms with van der Waals surface area (Å²) in [5.74, 6) is 0.814. The summed E-state index contributed by atoms with van der Waals surface area (Å²) in [6, 6.07) is 1.05. The molecule has 6 heteroatoms. The predicted molar refractivity (Wildman–Crippen MR) is 77.5 cm³/mol. The zero-order valence-corrected chi connectivity index (χ0v) is 12.8. The summed E-state index contributed by atoms with van der Waals surface area (Å²) < 4.78 is 0.910. The van der Waals surface area contributed by atoms with Gasteiger partial charge in [0.15, 0.2) is 4.34 Å². The number of hydrogen-bond acceptors (Lipinski definition) is 5. The molecule has 0 bridgehead atoms. The van der Waals surface area contributed by atoms with Crippen molar-refractivity contribution in [2.75, 3.05) is 5.75 Å². The Morgan fingerprint density at radius 1 is 1.26 bits per heavy atom. The van der Waals surface area contributed by atoms with E-state index < -0.39 is 0 Å². The van der Waals surface area contributed by atoms with Crippen LogP contribution in [0.2, 0.25) is 0 Å². The van der Waals surface area contributed by atoms with Crippen LogP contribution in [0.15, 0.2) is 4.34 Å². The van der Waals surface area contributed by atoms with Crippen LogP contribution in [-0.2, 0) is 4.79 Å². The third kappa shape index (κ3) is 3.28. The maximum absolute atomic E-state index is 12.5. The molecule has 0 aliphatic heterocycles. The Kier molecular flexibility index (Phi) is 4.07. The highest BCUT2D eigenvalue weighted by Gasteiger charge is 2.38. The molecule has 3 rings (SSSR count). The lowest BCUT2D eigenvalue weighted by Crippen LogP contribution is -2.41. The summed E-state index contributed by atoms with van der Waals surface area (Å²) in [5, 5.41) is 9.02. The fourth-order valence-corrected chi connectivity index (χ4v) is 4.46. The molecule has 1 heterocycles. The zero-order chi connectivity index (χ0) is 13.2. The normalized spacial score (nSPS) is 19.8. The van der Waals surface area contributed by atoms with Crippen LogP contribution in [0.25, 0.3) is 0 Å². The molecule has 0 N–H and O–H groups in total. The third-order valence-corrected chi connectivity index (χ3v) is 5.73. The Morgan fingerprint density at radius 3 is 2.53 bits per heavy atom. The first-order chi connectivity index (χ1) is 9.24. The topological polar surface area (TPSA) is 46.1 Å². The minimum absolute atomic E-state index is 0.298. The quantitative estimate of drug-likeness (QED) is 0.784. The number of carbonyl (C=O) groups excluding carboxylic acids is 1. The molecule has 2 aliphatic rings. The molecule has 0 aromatic carbocycles. The Morgan fingerprint density at radius 2 is 1.95 bits per heavy atom. The van der Waals surface area contributed by atoms with Gasteiger partial charge in [-0.05, 0) is 32.6 Å². The van der Waals surface area contributed by atoms with Gasteiger partial charge in [0.05, 0.1) is 5.75 Å². The van der Waals surface area contributed by atoms with Crippen LogP contribution in [0.5, 0.6) is 0 Å². The number of rotatable bonds is 5. The zero-order valence-electron chi connectivity index (χ0n) is 11.2. The first-order valence-corrected chi connectivity index (χ1v) is 8.78. The maximum Gasteiger partial charge on any atom is 0.233 e. The first-order valence-electron chi connectivity index (χ1n) is 6.98. The van der Waals surface area contributed by atoms with Crippen LogP contribution in [0.4, 0.5) is 0 Å². The average molecular weight is 297 g/mol. The van der Waals surface area contributed by atoms with Crippen molar-refractivity contribution in [3.05, 3.63) is 5.01 Å². The summed E-state index contributed by atoms with van der Waals surface area (Å²) in [6.45, 7) is 1.94. The van der Waals surface area contributed by atoms with E-state index in [2.05, 4.69) is 15.1 Å². The van der Waals surface area contributed by atoms with Gasteiger partial charge in [-0.2, -0.15) is 0 Å². The molecule has 0 saturated heterocycles. The van der Waals surface area contributed by atoms with Gasteiger partial charge in [-0.15, -0.1) is 10.2 Å². The summed E-state index contributed by atoms with van der Waals surface area (Å²) >= 11 is 3.10. The molecule has 1 amide bonds. The molecule has 2 aliphatic carbocycles. The van der Waals surface area contributed by atoms with E-state index in [1.54, 1.807) is 11.3 Å². The molecular weight excluding hydrogens is 278 g/mol. The lowest BCUT2D eigenvalue weighted by atomic mass is 10.2. The van der Waals surface area contributed by atoms with Crippen molar-refractivity contribution in [2.45, 2.75) is 61.9 Å². The van der Waals surface area contributed by atoms with Gasteiger partial charge in [-0.1, -0.05) is 35.9 Å². The molecule has 0 atom stereocenters. The lowest BCUT2D eigenvalue weighted by Gasteiger charge is -2.28. The van der Waals surface area contributed by atoms with Crippen molar-refractivity contribution in [3.8, 4) is 0 Å². The van der Waals surface area contributed by atoms with Crippen molar-refractivity contribution in [3.63, 3.8) is 0 Å². The van der Waals surface area contributed by atoms with Gasteiger partial charge in [0.25, 0.3) is 0 Å². The number of aryl methyl sites for hydroxylation is 1. The standard InChI is InChI=1S/C13H19N3OS2/c1-9-14-15-13(19-9)18-8-12(17)16(11-6-7-11)10-4-2-3-5-10/h10-11H,2-8H2,1H3. The Balaban J connectivity index is 1.57. The van der Waals surface area contributed by atoms with Crippen molar-refractivity contribution in [2.24, 2.45) is 0 Å². The van der Waals surface area contributed by atoms with Crippen LogP contribution in [0, 0.1) is 6.92 Å². The number of aromatic nitrogens is 2. The van der Waals surface area contributed by atoms with E-state index >= 15 is 0 Å². The van der Waals surface area contributed by atoms with E-state index in [1.165, 1.54) is 50.3 Å². The monoisotopic (exact) mass is 297 g/mol. The third-order valence-electron chi connectivity index (χ3n) is 3.77. The van der Waals surface area contributed by atoms with Crippen molar-refractivity contribution in [1.29, 1.82) is 0 Å². The van der Waals surface area contributed by atoms with Crippen LogP contribution < -0.4 is 0 Å². The van der Waals surface area contributed by atoms with E-state index in [0.717, 1.165) is 9.35 Å². The number of nitrogens with zero attached hydrogens (tertiary/aromatic N) is 3. The van der Waals surface area contributed by atoms with E-state index in [0.29, 0.717) is 23.7 Å². The van der Waals surface area contributed by atoms with E-state index in [9.17, 15) is 4.79 Å². The van der Waals surface area contributed by atoms with Gasteiger partial charge in [-0.25, -0.2) is 0 Å². The molecule has 1 aromatic rings. The van der Waals surface area contributed by atoms with Crippen LogP contribution in [0.1, 0.15) is 43.5 Å². The van der Waals surface area contributed by atoms with Crippen molar-refractivity contribution in [1.82, 2.24) is 15.1 Å². The largest absolute Gasteiger partial charge is 0.336 e. The second-order valence-electron chi connectivity index (χ2n) is 5.35. The van der Waals surface area contributed by atoms with E-state index in [1.807, 2.05) is 6.92 Å². The van der Waals surface area contributed by atoms with E-state index in [4.69, 9.17) is 0 Å². The van der Waals surface area contributed by atoms with Crippen molar-refractivity contribution >= 4 is 29.0 Å². The number of thioether (sulfide) groups is 1. The predicted octanol–water partition coefficient (Wildman–Crippen LogP) is 2.87. The molecule has 0 unspecified atom stereocenters. The van der Waals surface area contributed by atoms with Crippen molar-refractivity contribution < 1.29 is 4.79 Å². The van der Waals surface area contributed by atoms with Gasteiger partial charge < -0.3 is 4.90 Å². The molecule has 2 saturated carbocycles. The Labute approximate surface area is 122 Å². The average Bonchev–Trinajstić information content (AvgIpc) is 2.89. The van der Waals surface area contributed by atoms with Crippen LogP contribution >= 0.6 is 23.1 Å². The molecular formula is C13H19N3OS2. The van der Waals surface area contributed by atoms with Gasteiger partial charge in [0.2, 0.25) is 5.91 Å². The number of hydrogen-bond donors (Lipinski definition) is 0. The SMILES string of the molecule is Cc1nnc(SCC(=O)N(C2CCCC2)C2CC2)s1. The lowest BCUT2D eigenvalue weighted by molar-refractivity contribution is -0.131. The summed E-state index contributed by atoms with van der Waals surface area (Å²) in [6.07, 6.45) is 7.36. The van der Waals surface area contributed by atoms with Gasteiger partial charge >= 0.3 is 0 Å². The molecule has 19 heavy (non-hydrogen) atoms. The highest BCUT2D eigenvalue weighted by molar-refractivity contribution is 8.01. The molecule has 1 aromatic heterocycles. The highest BCUT2D eigenvalue weighted by Crippen LogP contribution is 2.35. The summed E-state index contributed by atoms with van der Waals surface area (Å²) in [7, 11) is 0. The second kappa shape index (κ2) is 5.79. The molecule has 2 fully saturated rings. The maximum atomic E-state index is 12.5.